The minimum atomic E-state index is -0.907. The van der Waals surface area contributed by atoms with E-state index in [4.69, 9.17) is 9.84 Å². The van der Waals surface area contributed by atoms with E-state index in [1.807, 2.05) is 0 Å². The van der Waals surface area contributed by atoms with Crippen LogP contribution in [0.25, 0.3) is 0 Å². The van der Waals surface area contributed by atoms with Gasteiger partial charge in [0.1, 0.15) is 0 Å². The molecule has 1 N–H and O–H groups in total. The fourth-order valence-electron chi connectivity index (χ4n) is 0.944. The third kappa shape index (κ3) is 2.19. The summed E-state index contributed by atoms with van der Waals surface area (Å²) in [6.45, 7) is 0.759. The molecule has 0 aromatic rings. The van der Waals surface area contributed by atoms with Crippen molar-refractivity contribution in [2.75, 3.05) is 6.61 Å². The summed E-state index contributed by atoms with van der Waals surface area (Å²) in [5.41, 5.74) is 0. The van der Waals surface area contributed by atoms with Crippen LogP contribution >= 0.6 is 0 Å². The Morgan fingerprint density at radius 3 is 3.00 bits per heavy atom. The molecule has 0 spiro atoms. The number of hydrogen-bond acceptors (Lipinski definition) is 2. The van der Waals surface area contributed by atoms with Crippen molar-refractivity contribution in [2.24, 2.45) is 0 Å². The van der Waals surface area contributed by atoms with Crippen LogP contribution in [-0.4, -0.2) is 23.8 Å². The zero-order chi connectivity index (χ0) is 7.40. The normalized spacial score (nSPS) is 25.8. The number of carbonyl (C=O) groups is 1. The first-order valence-corrected chi connectivity index (χ1v) is 3.32. The lowest BCUT2D eigenvalue weighted by Gasteiger charge is -1.98. The van der Waals surface area contributed by atoms with Crippen molar-refractivity contribution in [3.8, 4) is 0 Å². The van der Waals surface area contributed by atoms with Crippen LogP contribution in [0.5, 0.6) is 0 Å². The molecule has 1 heterocycles. The first kappa shape index (κ1) is 7.28. The summed E-state index contributed by atoms with van der Waals surface area (Å²) in [5, 5.41) is 8.23. The molecule has 0 radical (unpaired) electrons. The minimum Gasteiger partial charge on any atom is -0.478 e. The first-order chi connectivity index (χ1) is 4.79. The van der Waals surface area contributed by atoms with E-state index in [1.54, 1.807) is 6.08 Å². The summed E-state index contributed by atoms with van der Waals surface area (Å²) in [7, 11) is 0. The highest BCUT2D eigenvalue weighted by Crippen LogP contribution is 2.12. The van der Waals surface area contributed by atoms with Crippen LogP contribution in [0.2, 0.25) is 0 Å². The molecule has 0 aromatic carbocycles. The summed E-state index contributed by atoms with van der Waals surface area (Å²) >= 11 is 0. The minimum absolute atomic E-state index is 0.0381. The van der Waals surface area contributed by atoms with Crippen LogP contribution in [0.3, 0.4) is 0 Å². The lowest BCUT2D eigenvalue weighted by atomic mass is 10.2. The maximum absolute atomic E-state index is 10.0. The largest absolute Gasteiger partial charge is 0.478 e. The summed E-state index contributed by atoms with van der Waals surface area (Å²) in [6, 6.07) is 0. The molecule has 0 unspecified atom stereocenters. The number of aliphatic carboxylic acids is 1. The molecule has 0 amide bonds. The van der Waals surface area contributed by atoms with Crippen molar-refractivity contribution in [1.29, 1.82) is 0 Å². The zero-order valence-corrected chi connectivity index (χ0v) is 5.62. The van der Waals surface area contributed by atoms with Gasteiger partial charge in [0, 0.05) is 12.7 Å². The lowest BCUT2D eigenvalue weighted by molar-refractivity contribution is -0.131. The molecule has 10 heavy (non-hydrogen) atoms. The van der Waals surface area contributed by atoms with Crippen molar-refractivity contribution in [1.82, 2.24) is 0 Å². The van der Waals surface area contributed by atoms with Crippen molar-refractivity contribution in [2.45, 2.75) is 18.9 Å². The van der Waals surface area contributed by atoms with Gasteiger partial charge in [-0.25, -0.2) is 4.79 Å². The molecule has 1 rings (SSSR count). The van der Waals surface area contributed by atoms with E-state index in [0.717, 1.165) is 25.5 Å². The fraction of sp³-hybridized carbons (Fsp3) is 0.571. The second-order valence-electron chi connectivity index (χ2n) is 2.25. The Labute approximate surface area is 59.3 Å². The molecular formula is C7H10O3. The molecule has 3 heteroatoms. The van der Waals surface area contributed by atoms with Gasteiger partial charge in [-0.1, -0.05) is 0 Å². The highest BCUT2D eigenvalue weighted by molar-refractivity contribution is 5.79. The van der Waals surface area contributed by atoms with Crippen LogP contribution in [0.1, 0.15) is 12.8 Å². The Balaban J connectivity index is 2.29. The summed E-state index contributed by atoms with van der Waals surface area (Å²) < 4.78 is 5.15. The lowest BCUT2D eigenvalue weighted by Crippen LogP contribution is -2.00. The molecule has 1 aliphatic heterocycles. The summed E-state index contributed by atoms with van der Waals surface area (Å²) in [4.78, 5) is 10.0. The Morgan fingerprint density at radius 1 is 1.70 bits per heavy atom. The molecule has 1 saturated heterocycles. The van der Waals surface area contributed by atoms with Gasteiger partial charge in [0.2, 0.25) is 0 Å². The van der Waals surface area contributed by atoms with E-state index < -0.39 is 5.97 Å². The molecule has 1 aliphatic rings. The fourth-order valence-corrected chi connectivity index (χ4v) is 0.944. The topological polar surface area (TPSA) is 46.5 Å². The van der Waals surface area contributed by atoms with E-state index in [2.05, 4.69) is 0 Å². The Bertz CT molecular complexity index is 145. The van der Waals surface area contributed by atoms with Gasteiger partial charge in [0.05, 0.1) is 6.10 Å². The highest BCUT2D eigenvalue weighted by Gasteiger charge is 2.11. The molecular weight excluding hydrogens is 132 g/mol. The van der Waals surface area contributed by atoms with Gasteiger partial charge < -0.3 is 9.84 Å². The molecule has 0 saturated carbocycles. The van der Waals surface area contributed by atoms with Gasteiger partial charge in [0.15, 0.2) is 0 Å². The van der Waals surface area contributed by atoms with Gasteiger partial charge >= 0.3 is 5.97 Å². The van der Waals surface area contributed by atoms with E-state index in [-0.39, 0.29) is 6.10 Å². The Kier molecular flexibility index (Phi) is 2.45. The molecule has 0 bridgehead atoms. The van der Waals surface area contributed by atoms with E-state index >= 15 is 0 Å². The number of carboxylic acids is 1. The predicted molar refractivity (Wildman–Crippen MR) is 35.7 cm³/mol. The van der Waals surface area contributed by atoms with Crippen molar-refractivity contribution in [3.05, 3.63) is 12.2 Å². The third-order valence-electron chi connectivity index (χ3n) is 1.42. The molecule has 0 aromatic heterocycles. The van der Waals surface area contributed by atoms with E-state index in [9.17, 15) is 4.79 Å². The number of rotatable bonds is 2. The van der Waals surface area contributed by atoms with Crippen LogP contribution in [0.4, 0.5) is 0 Å². The SMILES string of the molecule is O=C(O)/C=C\[C@@H]1CCCO1. The number of hydrogen-bond donors (Lipinski definition) is 1. The van der Waals surface area contributed by atoms with Gasteiger partial charge in [0.25, 0.3) is 0 Å². The van der Waals surface area contributed by atoms with Crippen LogP contribution in [0, 0.1) is 0 Å². The molecule has 1 fully saturated rings. The summed E-state index contributed by atoms with van der Waals surface area (Å²) in [5.74, 6) is -0.907. The second-order valence-corrected chi connectivity index (χ2v) is 2.25. The first-order valence-electron chi connectivity index (χ1n) is 3.32. The molecule has 0 aliphatic carbocycles. The molecule has 56 valence electrons. The number of carboxylic acid groups (broad SMARTS) is 1. The van der Waals surface area contributed by atoms with Crippen molar-refractivity contribution < 1.29 is 14.6 Å². The second kappa shape index (κ2) is 3.37. The van der Waals surface area contributed by atoms with Crippen molar-refractivity contribution >= 4 is 5.97 Å². The zero-order valence-electron chi connectivity index (χ0n) is 5.62. The van der Waals surface area contributed by atoms with Crippen LogP contribution < -0.4 is 0 Å². The predicted octanol–water partition coefficient (Wildman–Crippen LogP) is 0.806. The maximum Gasteiger partial charge on any atom is 0.328 e. The van der Waals surface area contributed by atoms with E-state index in [0.29, 0.717) is 0 Å². The van der Waals surface area contributed by atoms with Crippen LogP contribution in [0.15, 0.2) is 12.2 Å². The average Bonchev–Trinajstić information content (AvgIpc) is 2.34. The van der Waals surface area contributed by atoms with Crippen molar-refractivity contribution in [3.63, 3.8) is 0 Å². The third-order valence-corrected chi connectivity index (χ3v) is 1.42. The molecule has 1 atom stereocenters. The quantitative estimate of drug-likeness (QED) is 0.580. The van der Waals surface area contributed by atoms with E-state index in [1.165, 1.54) is 0 Å². The van der Waals surface area contributed by atoms with Gasteiger partial charge in [-0.2, -0.15) is 0 Å². The highest BCUT2D eigenvalue weighted by atomic mass is 16.5. The van der Waals surface area contributed by atoms with Gasteiger partial charge in [-0.3, -0.25) is 0 Å². The average molecular weight is 142 g/mol. The maximum atomic E-state index is 10.0. The Hall–Kier alpha value is -0.830. The smallest absolute Gasteiger partial charge is 0.328 e. The van der Waals surface area contributed by atoms with Gasteiger partial charge in [-0.15, -0.1) is 0 Å². The summed E-state index contributed by atoms with van der Waals surface area (Å²) in [6.07, 6.45) is 4.75. The monoisotopic (exact) mass is 142 g/mol. The Morgan fingerprint density at radius 2 is 2.50 bits per heavy atom. The molecule has 3 nitrogen and oxygen atoms in total. The van der Waals surface area contributed by atoms with Gasteiger partial charge in [-0.05, 0) is 18.9 Å². The van der Waals surface area contributed by atoms with Crippen LogP contribution in [-0.2, 0) is 9.53 Å². The number of ether oxygens (including phenoxy) is 1. The standard InChI is InChI=1S/C7H10O3/c8-7(9)4-3-6-2-1-5-10-6/h3-4,6H,1-2,5H2,(H,8,9)/b4-3-/t6-/m0/s1.